The molecule has 1 amide bonds. The van der Waals surface area contributed by atoms with E-state index in [1.54, 1.807) is 6.92 Å². The second kappa shape index (κ2) is 7.23. The van der Waals surface area contributed by atoms with Gasteiger partial charge in [-0.3, -0.25) is 9.59 Å². The van der Waals surface area contributed by atoms with E-state index in [1.807, 2.05) is 19.0 Å². The molecule has 0 radical (unpaired) electrons. The molecular formula is C10H20N2O3. The van der Waals surface area contributed by atoms with Crippen LogP contribution in [0.1, 0.15) is 19.8 Å². The van der Waals surface area contributed by atoms with E-state index in [0.29, 0.717) is 13.0 Å². The van der Waals surface area contributed by atoms with Crippen molar-refractivity contribution in [1.82, 2.24) is 10.2 Å². The van der Waals surface area contributed by atoms with Crippen LogP contribution in [0.3, 0.4) is 0 Å². The fourth-order valence-corrected chi connectivity index (χ4v) is 1.20. The van der Waals surface area contributed by atoms with Crippen LogP contribution in [0, 0.1) is 5.92 Å². The van der Waals surface area contributed by atoms with Crippen molar-refractivity contribution < 1.29 is 14.7 Å². The summed E-state index contributed by atoms with van der Waals surface area (Å²) < 4.78 is 0. The van der Waals surface area contributed by atoms with Crippen LogP contribution in [0.4, 0.5) is 0 Å². The molecule has 2 N–H and O–H groups in total. The van der Waals surface area contributed by atoms with Crippen LogP contribution in [-0.4, -0.2) is 49.1 Å². The van der Waals surface area contributed by atoms with Gasteiger partial charge in [0.2, 0.25) is 5.91 Å². The highest BCUT2D eigenvalue weighted by molar-refractivity contribution is 5.96. The van der Waals surface area contributed by atoms with Crippen LogP contribution in [0.5, 0.6) is 0 Å². The lowest BCUT2D eigenvalue weighted by molar-refractivity contribution is -0.147. The zero-order valence-corrected chi connectivity index (χ0v) is 9.62. The SMILES string of the molecule is CCC(C(=O)O)C(=O)NCCCN(C)C. The first-order valence-electron chi connectivity index (χ1n) is 5.14. The van der Waals surface area contributed by atoms with Crippen LogP contribution in [-0.2, 0) is 9.59 Å². The van der Waals surface area contributed by atoms with Crippen LogP contribution in [0.2, 0.25) is 0 Å². The summed E-state index contributed by atoms with van der Waals surface area (Å²) in [7, 11) is 3.90. The van der Waals surface area contributed by atoms with E-state index in [0.717, 1.165) is 13.0 Å². The molecule has 0 aromatic carbocycles. The molecule has 5 heteroatoms. The van der Waals surface area contributed by atoms with Gasteiger partial charge in [-0.1, -0.05) is 6.92 Å². The lowest BCUT2D eigenvalue weighted by Gasteiger charge is -2.12. The first kappa shape index (κ1) is 13.9. The van der Waals surface area contributed by atoms with Crippen LogP contribution >= 0.6 is 0 Å². The average molecular weight is 216 g/mol. The highest BCUT2D eigenvalue weighted by atomic mass is 16.4. The van der Waals surface area contributed by atoms with Gasteiger partial charge in [-0.05, 0) is 33.5 Å². The third-order valence-electron chi connectivity index (χ3n) is 2.10. The molecule has 15 heavy (non-hydrogen) atoms. The van der Waals surface area contributed by atoms with Gasteiger partial charge in [0.25, 0.3) is 0 Å². The quantitative estimate of drug-likeness (QED) is 0.470. The first-order chi connectivity index (χ1) is 6.99. The molecule has 0 spiro atoms. The van der Waals surface area contributed by atoms with Gasteiger partial charge < -0.3 is 15.3 Å². The Bertz CT molecular complexity index is 217. The zero-order valence-electron chi connectivity index (χ0n) is 9.62. The number of nitrogens with zero attached hydrogens (tertiary/aromatic N) is 1. The molecule has 5 nitrogen and oxygen atoms in total. The predicted octanol–water partition coefficient (Wildman–Crippen LogP) is 0.165. The molecule has 0 bridgehead atoms. The number of hydrogen-bond acceptors (Lipinski definition) is 3. The Hall–Kier alpha value is -1.10. The fourth-order valence-electron chi connectivity index (χ4n) is 1.20. The molecule has 0 aliphatic carbocycles. The third-order valence-corrected chi connectivity index (χ3v) is 2.10. The van der Waals surface area contributed by atoms with Crippen molar-refractivity contribution >= 4 is 11.9 Å². The van der Waals surface area contributed by atoms with E-state index in [2.05, 4.69) is 5.32 Å². The minimum Gasteiger partial charge on any atom is -0.481 e. The molecule has 1 unspecified atom stereocenters. The Morgan fingerprint density at radius 2 is 2.00 bits per heavy atom. The molecule has 0 saturated carbocycles. The van der Waals surface area contributed by atoms with Crippen molar-refractivity contribution in [2.45, 2.75) is 19.8 Å². The van der Waals surface area contributed by atoms with Gasteiger partial charge in [0.1, 0.15) is 5.92 Å². The van der Waals surface area contributed by atoms with E-state index < -0.39 is 11.9 Å². The summed E-state index contributed by atoms with van der Waals surface area (Å²) in [6, 6.07) is 0. The fraction of sp³-hybridized carbons (Fsp3) is 0.800. The number of amides is 1. The Balaban J connectivity index is 3.77. The van der Waals surface area contributed by atoms with Gasteiger partial charge >= 0.3 is 5.97 Å². The van der Waals surface area contributed by atoms with E-state index in [9.17, 15) is 9.59 Å². The Labute approximate surface area is 90.5 Å². The summed E-state index contributed by atoms with van der Waals surface area (Å²) in [5.74, 6) is -2.35. The van der Waals surface area contributed by atoms with Crippen molar-refractivity contribution in [3.63, 3.8) is 0 Å². The van der Waals surface area contributed by atoms with E-state index in [4.69, 9.17) is 5.11 Å². The van der Waals surface area contributed by atoms with E-state index >= 15 is 0 Å². The monoisotopic (exact) mass is 216 g/mol. The van der Waals surface area contributed by atoms with Gasteiger partial charge in [-0.15, -0.1) is 0 Å². The lowest BCUT2D eigenvalue weighted by Crippen LogP contribution is -2.36. The second-order valence-electron chi connectivity index (χ2n) is 3.75. The summed E-state index contributed by atoms with van der Waals surface area (Å²) >= 11 is 0. The topological polar surface area (TPSA) is 69.6 Å². The molecule has 1 atom stereocenters. The molecule has 88 valence electrons. The zero-order chi connectivity index (χ0) is 11.8. The number of carboxylic acids is 1. The molecular weight excluding hydrogens is 196 g/mol. The molecule has 0 rings (SSSR count). The number of rotatable bonds is 7. The normalized spacial score (nSPS) is 12.5. The molecule has 0 aliphatic rings. The van der Waals surface area contributed by atoms with Crippen molar-refractivity contribution in [1.29, 1.82) is 0 Å². The summed E-state index contributed by atoms with van der Waals surface area (Å²) in [5.41, 5.74) is 0. The van der Waals surface area contributed by atoms with Crippen molar-refractivity contribution in [2.24, 2.45) is 5.92 Å². The Morgan fingerprint density at radius 1 is 1.40 bits per heavy atom. The summed E-state index contributed by atoms with van der Waals surface area (Å²) in [4.78, 5) is 24.0. The molecule has 0 aromatic rings. The number of nitrogens with one attached hydrogen (secondary N) is 1. The van der Waals surface area contributed by atoms with E-state index in [1.165, 1.54) is 0 Å². The van der Waals surface area contributed by atoms with Crippen molar-refractivity contribution in [2.75, 3.05) is 27.2 Å². The third kappa shape index (κ3) is 6.06. The minimum absolute atomic E-state index is 0.328. The largest absolute Gasteiger partial charge is 0.481 e. The Morgan fingerprint density at radius 3 is 2.40 bits per heavy atom. The first-order valence-corrected chi connectivity index (χ1v) is 5.14. The van der Waals surface area contributed by atoms with E-state index in [-0.39, 0.29) is 5.91 Å². The Kier molecular flexibility index (Phi) is 6.70. The highest BCUT2D eigenvalue weighted by Crippen LogP contribution is 2.02. The predicted molar refractivity (Wildman–Crippen MR) is 57.6 cm³/mol. The van der Waals surface area contributed by atoms with Gasteiger partial charge in [-0.25, -0.2) is 0 Å². The number of carbonyl (C=O) groups excluding carboxylic acids is 1. The maximum Gasteiger partial charge on any atom is 0.316 e. The van der Waals surface area contributed by atoms with Crippen molar-refractivity contribution in [3.05, 3.63) is 0 Å². The summed E-state index contributed by atoms with van der Waals surface area (Å²) in [6.07, 6.45) is 1.16. The average Bonchev–Trinajstić information content (AvgIpc) is 2.12. The summed E-state index contributed by atoms with van der Waals surface area (Å²) in [6.45, 7) is 3.10. The minimum atomic E-state index is -1.05. The number of carboxylic acid groups (broad SMARTS) is 1. The molecule has 0 aromatic heterocycles. The molecule has 0 fully saturated rings. The smallest absolute Gasteiger partial charge is 0.316 e. The molecule has 0 aliphatic heterocycles. The second-order valence-corrected chi connectivity index (χ2v) is 3.75. The van der Waals surface area contributed by atoms with Gasteiger partial charge in [0.05, 0.1) is 0 Å². The van der Waals surface area contributed by atoms with Crippen LogP contribution < -0.4 is 5.32 Å². The van der Waals surface area contributed by atoms with Gasteiger partial charge in [0, 0.05) is 6.54 Å². The molecule has 0 heterocycles. The van der Waals surface area contributed by atoms with Gasteiger partial charge in [-0.2, -0.15) is 0 Å². The van der Waals surface area contributed by atoms with Crippen LogP contribution in [0.15, 0.2) is 0 Å². The number of aliphatic carboxylic acids is 1. The van der Waals surface area contributed by atoms with Gasteiger partial charge in [0.15, 0.2) is 0 Å². The highest BCUT2D eigenvalue weighted by Gasteiger charge is 2.23. The number of hydrogen-bond donors (Lipinski definition) is 2. The standard InChI is InChI=1S/C10H20N2O3/c1-4-8(10(14)15)9(13)11-6-5-7-12(2)3/h8H,4-7H2,1-3H3,(H,11,13)(H,14,15). The maximum atomic E-state index is 11.4. The van der Waals surface area contributed by atoms with Crippen LogP contribution in [0.25, 0.3) is 0 Å². The molecule has 0 saturated heterocycles. The lowest BCUT2D eigenvalue weighted by atomic mass is 10.1. The van der Waals surface area contributed by atoms with Crippen molar-refractivity contribution in [3.8, 4) is 0 Å². The summed E-state index contributed by atoms with van der Waals surface area (Å²) in [5, 5.41) is 11.3. The maximum absolute atomic E-state index is 11.4. The number of carbonyl (C=O) groups is 2.